The molecule has 0 aliphatic carbocycles. The fourth-order valence-electron chi connectivity index (χ4n) is 4.04. The molecule has 1 fully saturated rings. The Bertz CT molecular complexity index is 756. The van der Waals surface area contributed by atoms with Gasteiger partial charge >= 0.3 is 0 Å². The molecule has 2 bridgehead atoms. The number of fused-ring (bicyclic) bond motifs is 2. The molecule has 0 aromatic heterocycles. The first-order chi connectivity index (χ1) is 11.7. The Morgan fingerprint density at radius 1 is 1.12 bits per heavy atom. The molecule has 0 amide bonds. The van der Waals surface area contributed by atoms with Crippen LogP contribution in [0.5, 0.6) is 5.75 Å². The summed E-state index contributed by atoms with van der Waals surface area (Å²) in [5.74, 6) is 0.741. The summed E-state index contributed by atoms with van der Waals surface area (Å²) in [7, 11) is 1.66. The van der Waals surface area contributed by atoms with Crippen molar-refractivity contribution in [2.24, 2.45) is 0 Å². The third-order valence-corrected chi connectivity index (χ3v) is 5.57. The van der Waals surface area contributed by atoms with Crippen LogP contribution in [-0.2, 0) is 6.54 Å². The molecule has 2 atom stereocenters. The minimum Gasteiger partial charge on any atom is -0.495 e. The van der Waals surface area contributed by atoms with E-state index in [1.54, 1.807) is 7.11 Å². The summed E-state index contributed by atoms with van der Waals surface area (Å²) in [6.07, 6.45) is 6.09. The second kappa shape index (κ2) is 6.62. The predicted molar refractivity (Wildman–Crippen MR) is 99.4 cm³/mol. The lowest BCUT2D eigenvalue weighted by Gasteiger charge is -2.34. The molecular formula is C21H22ClNO. The zero-order valence-electron chi connectivity index (χ0n) is 13.9. The van der Waals surface area contributed by atoms with Gasteiger partial charge in [0.05, 0.1) is 12.1 Å². The number of ether oxygens (including phenoxy) is 1. The molecule has 2 aliphatic heterocycles. The number of methoxy groups -OCH3 is 1. The van der Waals surface area contributed by atoms with Gasteiger partial charge in [-0.3, -0.25) is 4.90 Å². The highest BCUT2D eigenvalue weighted by Gasteiger charge is 2.36. The minimum absolute atomic E-state index is 0.542. The molecule has 0 radical (unpaired) electrons. The molecule has 0 N–H and O–H groups in total. The highest BCUT2D eigenvalue weighted by atomic mass is 35.5. The van der Waals surface area contributed by atoms with Crippen molar-refractivity contribution in [3.8, 4) is 5.75 Å². The first kappa shape index (κ1) is 15.7. The molecule has 24 heavy (non-hydrogen) atoms. The average molecular weight is 340 g/mol. The van der Waals surface area contributed by atoms with E-state index in [1.807, 2.05) is 12.1 Å². The molecule has 2 aromatic carbocycles. The minimum atomic E-state index is 0.542. The molecule has 2 aromatic rings. The second-order valence-electron chi connectivity index (χ2n) is 6.70. The van der Waals surface area contributed by atoms with Crippen molar-refractivity contribution in [3.05, 3.63) is 70.8 Å². The molecule has 4 rings (SSSR count). The van der Waals surface area contributed by atoms with E-state index in [0.29, 0.717) is 17.1 Å². The summed E-state index contributed by atoms with van der Waals surface area (Å²) in [4.78, 5) is 2.66. The Labute approximate surface area is 148 Å². The molecule has 0 saturated carbocycles. The highest BCUT2D eigenvalue weighted by Crippen LogP contribution is 2.40. The topological polar surface area (TPSA) is 12.5 Å². The molecule has 2 nitrogen and oxygen atoms in total. The Balaban J connectivity index is 1.56. The van der Waals surface area contributed by atoms with Gasteiger partial charge < -0.3 is 4.74 Å². The van der Waals surface area contributed by atoms with E-state index < -0.39 is 0 Å². The summed E-state index contributed by atoms with van der Waals surface area (Å²) >= 11 is 6.31. The van der Waals surface area contributed by atoms with Gasteiger partial charge in [-0.25, -0.2) is 0 Å². The molecule has 1 saturated heterocycles. The monoisotopic (exact) mass is 339 g/mol. The van der Waals surface area contributed by atoms with Crippen LogP contribution in [0.4, 0.5) is 0 Å². The first-order valence-electron chi connectivity index (χ1n) is 8.59. The number of rotatable bonds is 4. The van der Waals surface area contributed by atoms with E-state index in [0.717, 1.165) is 18.7 Å². The fourth-order valence-corrected chi connectivity index (χ4v) is 4.30. The van der Waals surface area contributed by atoms with Gasteiger partial charge in [0, 0.05) is 18.6 Å². The Hall–Kier alpha value is -1.77. The van der Waals surface area contributed by atoms with E-state index in [1.165, 1.54) is 29.5 Å². The maximum Gasteiger partial charge on any atom is 0.137 e. The fraction of sp³-hybridized carbons (Fsp3) is 0.333. The molecule has 2 unspecified atom stereocenters. The number of hydrogen-bond acceptors (Lipinski definition) is 2. The maximum atomic E-state index is 6.31. The summed E-state index contributed by atoms with van der Waals surface area (Å²) in [5.41, 5.74) is 4.06. The van der Waals surface area contributed by atoms with Crippen molar-refractivity contribution < 1.29 is 4.74 Å². The summed E-state index contributed by atoms with van der Waals surface area (Å²) in [6, 6.07) is 18.1. The standard InChI is InChI=1S/C21H22ClNO/c1-24-21-10-7-16(13-20(21)22)17-11-18-8-9-19(12-17)23(18)14-15-5-3-2-4-6-15/h2-7,10-11,13,18-19H,8-9,12,14H2,1H3. The zero-order chi connectivity index (χ0) is 16.5. The number of benzene rings is 2. The molecular weight excluding hydrogens is 318 g/mol. The predicted octanol–water partition coefficient (Wildman–Crippen LogP) is 5.17. The van der Waals surface area contributed by atoms with Crippen molar-refractivity contribution in [1.82, 2.24) is 4.90 Å². The van der Waals surface area contributed by atoms with Gasteiger partial charge in [0.15, 0.2) is 0 Å². The average Bonchev–Trinajstić information content (AvgIpc) is 2.83. The number of halogens is 1. The first-order valence-corrected chi connectivity index (χ1v) is 8.96. The van der Waals surface area contributed by atoms with Crippen LogP contribution in [0.1, 0.15) is 30.4 Å². The van der Waals surface area contributed by atoms with E-state index in [4.69, 9.17) is 16.3 Å². The molecule has 3 heteroatoms. The van der Waals surface area contributed by atoms with Gasteiger partial charge in [0.1, 0.15) is 5.75 Å². The van der Waals surface area contributed by atoms with Crippen molar-refractivity contribution in [1.29, 1.82) is 0 Å². The van der Waals surface area contributed by atoms with Crippen LogP contribution in [0.3, 0.4) is 0 Å². The lowest BCUT2D eigenvalue weighted by atomic mass is 9.94. The van der Waals surface area contributed by atoms with Gasteiger partial charge in [-0.05, 0) is 48.1 Å². The second-order valence-corrected chi connectivity index (χ2v) is 7.11. The Morgan fingerprint density at radius 3 is 2.67 bits per heavy atom. The number of hydrogen-bond donors (Lipinski definition) is 0. The van der Waals surface area contributed by atoms with Crippen molar-refractivity contribution in [3.63, 3.8) is 0 Å². The number of nitrogens with zero attached hydrogens (tertiary/aromatic N) is 1. The van der Waals surface area contributed by atoms with Crippen molar-refractivity contribution in [2.75, 3.05) is 7.11 Å². The van der Waals surface area contributed by atoms with Crippen LogP contribution in [-0.4, -0.2) is 24.1 Å². The van der Waals surface area contributed by atoms with Gasteiger partial charge in [0.25, 0.3) is 0 Å². The summed E-state index contributed by atoms with van der Waals surface area (Å²) in [5, 5.41) is 0.690. The SMILES string of the molecule is COc1ccc(C2=CC3CCC(C2)N3Cc2ccccc2)cc1Cl. The van der Waals surface area contributed by atoms with Crippen LogP contribution >= 0.6 is 11.6 Å². The third-order valence-electron chi connectivity index (χ3n) is 5.27. The third kappa shape index (κ3) is 2.97. The van der Waals surface area contributed by atoms with E-state index >= 15 is 0 Å². The van der Waals surface area contributed by atoms with Crippen LogP contribution in [0, 0.1) is 0 Å². The maximum absolute atomic E-state index is 6.31. The van der Waals surface area contributed by atoms with E-state index in [9.17, 15) is 0 Å². The smallest absolute Gasteiger partial charge is 0.137 e. The molecule has 2 aliphatic rings. The Morgan fingerprint density at radius 2 is 1.96 bits per heavy atom. The molecule has 124 valence electrons. The van der Waals surface area contributed by atoms with Crippen LogP contribution < -0.4 is 4.74 Å². The zero-order valence-corrected chi connectivity index (χ0v) is 14.7. The highest BCUT2D eigenvalue weighted by molar-refractivity contribution is 6.32. The van der Waals surface area contributed by atoms with Crippen LogP contribution in [0.25, 0.3) is 5.57 Å². The quantitative estimate of drug-likeness (QED) is 0.762. The Kier molecular flexibility index (Phi) is 4.34. The van der Waals surface area contributed by atoms with Crippen molar-refractivity contribution >= 4 is 17.2 Å². The van der Waals surface area contributed by atoms with Crippen LogP contribution in [0.15, 0.2) is 54.6 Å². The lowest BCUT2D eigenvalue weighted by Crippen LogP contribution is -2.37. The molecule has 0 spiro atoms. The summed E-state index contributed by atoms with van der Waals surface area (Å²) < 4.78 is 5.27. The van der Waals surface area contributed by atoms with Gasteiger partial charge in [-0.1, -0.05) is 54.1 Å². The van der Waals surface area contributed by atoms with Crippen molar-refractivity contribution in [2.45, 2.75) is 37.9 Å². The van der Waals surface area contributed by atoms with Gasteiger partial charge in [-0.15, -0.1) is 0 Å². The van der Waals surface area contributed by atoms with Gasteiger partial charge in [-0.2, -0.15) is 0 Å². The van der Waals surface area contributed by atoms with E-state index in [2.05, 4.69) is 47.4 Å². The lowest BCUT2D eigenvalue weighted by molar-refractivity contribution is 0.203. The van der Waals surface area contributed by atoms with Crippen LogP contribution in [0.2, 0.25) is 5.02 Å². The van der Waals surface area contributed by atoms with E-state index in [-0.39, 0.29) is 0 Å². The molecule has 2 heterocycles. The van der Waals surface area contributed by atoms with Gasteiger partial charge in [0.2, 0.25) is 0 Å². The largest absolute Gasteiger partial charge is 0.495 e. The summed E-state index contributed by atoms with van der Waals surface area (Å²) in [6.45, 7) is 1.04. The normalized spacial score (nSPS) is 23.2.